The number of nitrogens with one attached hydrogen (secondary N) is 1. The Morgan fingerprint density at radius 2 is 1.96 bits per heavy atom. The Morgan fingerprint density at radius 3 is 2.56 bits per heavy atom. The van der Waals surface area contributed by atoms with Crippen LogP contribution in [0.25, 0.3) is 0 Å². The first-order chi connectivity index (χ1) is 12.7. The number of benzene rings is 1. The number of hydrogen-bond donors (Lipinski definition) is 1. The Hall–Kier alpha value is -2.56. The summed E-state index contributed by atoms with van der Waals surface area (Å²) in [5, 5.41) is 7.73. The van der Waals surface area contributed by atoms with Crippen LogP contribution >= 0.6 is 0 Å². The molecule has 0 saturated carbocycles. The molecule has 1 saturated heterocycles. The highest BCUT2D eigenvalue weighted by atomic mass is 32.2. The van der Waals surface area contributed by atoms with Gasteiger partial charge in [0.25, 0.3) is 5.91 Å². The molecule has 0 radical (unpaired) electrons. The third kappa shape index (κ3) is 4.79. The maximum Gasteiger partial charge on any atom is 0.387 e. The summed E-state index contributed by atoms with van der Waals surface area (Å²) >= 11 is 0. The molecular formula is C16H17F2N3O5S. The van der Waals surface area contributed by atoms with Crippen molar-refractivity contribution in [2.45, 2.75) is 31.9 Å². The standard InChI is InChI=1S/C16H17F2N3O5S/c17-16(18)26-12-3-1-10(2-4-12)19-15(23)13-5-6-14(22)21(20-13)11-7-8-27(24,25)9-11/h1-4,11,16H,5-9H2,(H,19,23). The molecule has 3 rings (SSSR count). The number of carbonyl (C=O) groups excluding carboxylic acids is 2. The van der Waals surface area contributed by atoms with Crippen LogP contribution in [-0.4, -0.2) is 55.1 Å². The molecule has 27 heavy (non-hydrogen) atoms. The molecule has 1 atom stereocenters. The van der Waals surface area contributed by atoms with Gasteiger partial charge in [-0.3, -0.25) is 9.59 Å². The zero-order valence-electron chi connectivity index (χ0n) is 14.1. The third-order valence-corrected chi connectivity index (χ3v) is 5.96. The van der Waals surface area contributed by atoms with Gasteiger partial charge in [0.2, 0.25) is 5.91 Å². The Kier molecular flexibility index (Phi) is 5.40. The van der Waals surface area contributed by atoms with Gasteiger partial charge in [0.05, 0.1) is 17.5 Å². The van der Waals surface area contributed by atoms with E-state index in [1.807, 2.05) is 0 Å². The minimum Gasteiger partial charge on any atom is -0.435 e. The first kappa shape index (κ1) is 19.2. The average Bonchev–Trinajstić information content (AvgIpc) is 2.96. The molecule has 0 aromatic heterocycles. The molecule has 0 spiro atoms. The van der Waals surface area contributed by atoms with E-state index in [0.29, 0.717) is 5.69 Å². The van der Waals surface area contributed by atoms with Gasteiger partial charge >= 0.3 is 6.61 Å². The summed E-state index contributed by atoms with van der Waals surface area (Å²) in [7, 11) is -3.20. The molecule has 0 aliphatic carbocycles. The van der Waals surface area contributed by atoms with E-state index in [2.05, 4.69) is 15.2 Å². The van der Waals surface area contributed by atoms with Crippen LogP contribution in [-0.2, 0) is 19.4 Å². The number of anilines is 1. The second kappa shape index (κ2) is 7.59. The van der Waals surface area contributed by atoms with E-state index in [-0.39, 0.29) is 48.1 Å². The lowest BCUT2D eigenvalue weighted by Crippen LogP contribution is -2.42. The topological polar surface area (TPSA) is 105 Å². The summed E-state index contributed by atoms with van der Waals surface area (Å²) in [6, 6.07) is 4.79. The van der Waals surface area contributed by atoms with E-state index in [9.17, 15) is 26.8 Å². The number of amides is 2. The quantitative estimate of drug-likeness (QED) is 0.803. The number of hydrogen-bond acceptors (Lipinski definition) is 6. The maximum absolute atomic E-state index is 12.4. The largest absolute Gasteiger partial charge is 0.435 e. The molecule has 8 nitrogen and oxygen atoms in total. The fourth-order valence-corrected chi connectivity index (χ4v) is 4.60. The molecule has 2 heterocycles. The van der Waals surface area contributed by atoms with E-state index in [1.54, 1.807) is 0 Å². The summed E-state index contributed by atoms with van der Waals surface area (Å²) in [6.07, 6.45) is 0.481. The Morgan fingerprint density at radius 1 is 1.26 bits per heavy atom. The fraction of sp³-hybridized carbons (Fsp3) is 0.438. The van der Waals surface area contributed by atoms with Crippen LogP contribution in [0, 0.1) is 0 Å². The van der Waals surface area contributed by atoms with Crippen LogP contribution in [0.4, 0.5) is 14.5 Å². The van der Waals surface area contributed by atoms with Crippen LogP contribution in [0.2, 0.25) is 0 Å². The number of nitrogens with zero attached hydrogens (tertiary/aromatic N) is 2. The van der Waals surface area contributed by atoms with Crippen molar-refractivity contribution >= 4 is 33.1 Å². The molecule has 1 N–H and O–H groups in total. The highest BCUT2D eigenvalue weighted by molar-refractivity contribution is 7.91. The van der Waals surface area contributed by atoms with Gasteiger partial charge < -0.3 is 10.1 Å². The van der Waals surface area contributed by atoms with Crippen molar-refractivity contribution in [3.63, 3.8) is 0 Å². The zero-order valence-corrected chi connectivity index (χ0v) is 14.9. The van der Waals surface area contributed by atoms with Gasteiger partial charge in [0.15, 0.2) is 9.84 Å². The summed E-state index contributed by atoms with van der Waals surface area (Å²) < 4.78 is 51.7. The Bertz CT molecular complexity index is 871. The number of sulfone groups is 1. The highest BCUT2D eigenvalue weighted by Crippen LogP contribution is 2.23. The van der Waals surface area contributed by atoms with Crippen molar-refractivity contribution in [1.82, 2.24) is 5.01 Å². The van der Waals surface area contributed by atoms with E-state index in [0.717, 1.165) is 5.01 Å². The predicted molar refractivity (Wildman–Crippen MR) is 92.3 cm³/mol. The van der Waals surface area contributed by atoms with Crippen LogP contribution in [0.3, 0.4) is 0 Å². The van der Waals surface area contributed by atoms with Crippen LogP contribution in [0.1, 0.15) is 19.3 Å². The van der Waals surface area contributed by atoms with Crippen molar-refractivity contribution in [3.05, 3.63) is 24.3 Å². The molecule has 0 bridgehead atoms. The molecule has 146 valence electrons. The van der Waals surface area contributed by atoms with E-state index < -0.39 is 28.4 Å². The van der Waals surface area contributed by atoms with Gasteiger partial charge in [-0.1, -0.05) is 0 Å². The first-order valence-corrected chi connectivity index (χ1v) is 10.0. The highest BCUT2D eigenvalue weighted by Gasteiger charge is 2.37. The lowest BCUT2D eigenvalue weighted by atomic mass is 10.1. The SMILES string of the molecule is O=C(Nc1ccc(OC(F)F)cc1)C1=NN(C2CCS(=O)(=O)C2)C(=O)CC1. The number of ether oxygens (including phenoxy) is 1. The Labute approximate surface area is 154 Å². The van der Waals surface area contributed by atoms with Gasteiger partial charge in [0, 0.05) is 18.5 Å². The van der Waals surface area contributed by atoms with E-state index in [1.165, 1.54) is 24.3 Å². The molecule has 1 unspecified atom stereocenters. The lowest BCUT2D eigenvalue weighted by molar-refractivity contribution is -0.133. The molecular weight excluding hydrogens is 384 g/mol. The third-order valence-electron chi connectivity index (χ3n) is 4.21. The van der Waals surface area contributed by atoms with Gasteiger partial charge in [0.1, 0.15) is 11.5 Å². The molecule has 1 aromatic rings. The smallest absolute Gasteiger partial charge is 0.387 e. The van der Waals surface area contributed by atoms with Gasteiger partial charge in [-0.05, 0) is 30.7 Å². The number of halogens is 2. The molecule has 1 fully saturated rings. The van der Waals surface area contributed by atoms with Crippen LogP contribution in [0.15, 0.2) is 29.4 Å². The maximum atomic E-state index is 12.4. The fourth-order valence-electron chi connectivity index (χ4n) is 2.91. The van der Waals surface area contributed by atoms with Gasteiger partial charge in [-0.2, -0.15) is 13.9 Å². The van der Waals surface area contributed by atoms with Crippen LogP contribution in [0.5, 0.6) is 5.75 Å². The minimum absolute atomic E-state index is 0.00840. The number of hydrazone groups is 1. The predicted octanol–water partition coefficient (Wildman–Crippen LogP) is 1.39. The molecule has 2 amide bonds. The van der Waals surface area contributed by atoms with Crippen molar-refractivity contribution in [3.8, 4) is 5.75 Å². The van der Waals surface area contributed by atoms with Crippen molar-refractivity contribution in [2.75, 3.05) is 16.8 Å². The number of rotatable bonds is 5. The number of alkyl halides is 2. The second-order valence-corrected chi connectivity index (χ2v) is 8.43. The summed E-state index contributed by atoms with van der Waals surface area (Å²) in [6.45, 7) is -2.94. The van der Waals surface area contributed by atoms with Gasteiger partial charge in [-0.25, -0.2) is 13.4 Å². The molecule has 11 heteroatoms. The van der Waals surface area contributed by atoms with E-state index in [4.69, 9.17) is 0 Å². The average molecular weight is 401 g/mol. The second-order valence-electron chi connectivity index (χ2n) is 6.20. The zero-order chi connectivity index (χ0) is 19.6. The summed E-state index contributed by atoms with van der Waals surface area (Å²) in [5.41, 5.74) is 0.447. The molecule has 1 aromatic carbocycles. The van der Waals surface area contributed by atoms with Crippen molar-refractivity contribution in [1.29, 1.82) is 0 Å². The van der Waals surface area contributed by atoms with Crippen LogP contribution < -0.4 is 10.1 Å². The minimum atomic E-state index is -3.20. The normalized spacial score (nSPS) is 21.9. The monoisotopic (exact) mass is 401 g/mol. The molecule has 2 aliphatic rings. The van der Waals surface area contributed by atoms with Crippen molar-refractivity contribution in [2.24, 2.45) is 5.10 Å². The van der Waals surface area contributed by atoms with Gasteiger partial charge in [-0.15, -0.1) is 0 Å². The first-order valence-electron chi connectivity index (χ1n) is 8.20. The lowest BCUT2D eigenvalue weighted by Gasteiger charge is -2.27. The Balaban J connectivity index is 1.68. The van der Waals surface area contributed by atoms with Crippen molar-refractivity contribution < 1.29 is 31.5 Å². The number of carbonyl (C=O) groups is 2. The summed E-state index contributed by atoms with van der Waals surface area (Å²) in [4.78, 5) is 24.4. The summed E-state index contributed by atoms with van der Waals surface area (Å²) in [5.74, 6) is -1.08. The van der Waals surface area contributed by atoms with E-state index >= 15 is 0 Å². The molecule has 2 aliphatic heterocycles.